The maximum absolute atomic E-state index is 12.9. The Morgan fingerprint density at radius 3 is 2.66 bits per heavy atom. The smallest absolute Gasteiger partial charge is 0.335 e. The van der Waals surface area contributed by atoms with Crippen molar-refractivity contribution in [3.63, 3.8) is 0 Å². The zero-order valence-electron chi connectivity index (χ0n) is 19.2. The number of halogens is 2. The number of hydrogen-bond acceptors (Lipinski definition) is 5. The summed E-state index contributed by atoms with van der Waals surface area (Å²) in [7, 11) is 0. The van der Waals surface area contributed by atoms with E-state index in [1.165, 1.54) is 29.2 Å². The van der Waals surface area contributed by atoms with E-state index in [4.69, 9.17) is 16.3 Å². The van der Waals surface area contributed by atoms with E-state index in [9.17, 15) is 23.9 Å². The predicted molar refractivity (Wildman–Crippen MR) is 129 cm³/mol. The van der Waals surface area contributed by atoms with E-state index in [1.807, 2.05) is 0 Å². The zero-order chi connectivity index (χ0) is 25.4. The van der Waals surface area contributed by atoms with Gasteiger partial charge < -0.3 is 25.4 Å². The summed E-state index contributed by atoms with van der Waals surface area (Å²) in [6.07, 6.45) is 0.692. The highest BCUT2D eigenvalue weighted by Gasteiger charge is 2.37. The molecule has 186 valence electrons. The van der Waals surface area contributed by atoms with Gasteiger partial charge in [-0.3, -0.25) is 4.79 Å². The number of aliphatic carboxylic acids is 1. The molecule has 0 aliphatic carbocycles. The molecule has 0 spiro atoms. The van der Waals surface area contributed by atoms with Crippen molar-refractivity contribution in [3.8, 4) is 5.75 Å². The number of hydrogen-bond donors (Lipinski definition) is 3. The molecule has 1 unspecified atom stereocenters. The maximum Gasteiger partial charge on any atom is 0.335 e. The van der Waals surface area contributed by atoms with E-state index in [-0.39, 0.29) is 49.0 Å². The van der Waals surface area contributed by atoms with Crippen LogP contribution in [0.3, 0.4) is 0 Å². The molecule has 0 saturated heterocycles. The summed E-state index contributed by atoms with van der Waals surface area (Å²) in [5, 5.41) is 15.9. The van der Waals surface area contributed by atoms with Gasteiger partial charge in [-0.1, -0.05) is 23.7 Å². The van der Waals surface area contributed by atoms with Gasteiger partial charge >= 0.3 is 12.0 Å². The molecule has 2 amide bonds. The van der Waals surface area contributed by atoms with Gasteiger partial charge in [0.25, 0.3) is 0 Å². The van der Waals surface area contributed by atoms with Gasteiger partial charge in [0.15, 0.2) is 0 Å². The minimum Gasteiger partial charge on any atom is -0.493 e. The fourth-order valence-corrected chi connectivity index (χ4v) is 4.01. The molecule has 1 aliphatic heterocycles. The summed E-state index contributed by atoms with van der Waals surface area (Å²) in [6.45, 7) is 2.59. The Bertz CT molecular complexity index is 1110. The number of ether oxygens (including phenoxy) is 1. The quantitative estimate of drug-likeness (QED) is 0.379. The van der Waals surface area contributed by atoms with E-state index in [0.717, 1.165) is 0 Å². The molecule has 0 aromatic heterocycles. The summed E-state index contributed by atoms with van der Waals surface area (Å²) >= 11 is 6.12. The lowest BCUT2D eigenvalue weighted by molar-refractivity contribution is -0.133. The van der Waals surface area contributed by atoms with Gasteiger partial charge in [-0.05, 0) is 61.9 Å². The van der Waals surface area contributed by atoms with E-state index in [1.54, 1.807) is 31.2 Å². The number of Topliss-reactive ketones (excluding diaryl/α,β-unsaturated/α-hetero) is 1. The van der Waals surface area contributed by atoms with Crippen LogP contribution in [-0.4, -0.2) is 54.0 Å². The van der Waals surface area contributed by atoms with Crippen LogP contribution in [0.15, 0.2) is 59.8 Å². The molecule has 10 heteroatoms. The first-order valence-electron chi connectivity index (χ1n) is 11.1. The molecule has 0 radical (unpaired) electrons. The van der Waals surface area contributed by atoms with Gasteiger partial charge in [0.05, 0.1) is 24.8 Å². The number of allylic oxidation sites excluding steroid dienone is 1. The highest BCUT2D eigenvalue weighted by atomic mass is 35.5. The van der Waals surface area contributed by atoms with Gasteiger partial charge in [-0.15, -0.1) is 0 Å². The Morgan fingerprint density at radius 2 is 1.97 bits per heavy atom. The Labute approximate surface area is 207 Å². The summed E-state index contributed by atoms with van der Waals surface area (Å²) < 4.78 is 18.3. The summed E-state index contributed by atoms with van der Waals surface area (Å²) in [5.74, 6) is -1.04. The number of carboxylic acids is 1. The fourth-order valence-electron chi connectivity index (χ4n) is 3.81. The number of carboxylic acid groups (broad SMARTS) is 1. The molecule has 2 aromatic rings. The Balaban J connectivity index is 1.50. The third kappa shape index (κ3) is 7.27. The zero-order valence-corrected chi connectivity index (χ0v) is 20.0. The van der Waals surface area contributed by atoms with Crippen molar-refractivity contribution in [2.75, 3.05) is 26.2 Å². The van der Waals surface area contributed by atoms with Crippen LogP contribution in [0.2, 0.25) is 5.02 Å². The largest absolute Gasteiger partial charge is 0.493 e. The maximum atomic E-state index is 12.9. The van der Waals surface area contributed by atoms with Crippen molar-refractivity contribution in [1.29, 1.82) is 0 Å². The Kier molecular flexibility index (Phi) is 9.22. The summed E-state index contributed by atoms with van der Waals surface area (Å²) in [6, 6.07) is 11.2. The molecule has 1 heterocycles. The van der Waals surface area contributed by atoms with E-state index in [0.29, 0.717) is 29.3 Å². The predicted octanol–water partition coefficient (Wildman–Crippen LogP) is 3.92. The first kappa shape index (κ1) is 26.2. The minimum absolute atomic E-state index is 0.0497. The van der Waals surface area contributed by atoms with Crippen LogP contribution < -0.4 is 15.4 Å². The van der Waals surface area contributed by atoms with E-state index < -0.39 is 18.0 Å². The second kappa shape index (κ2) is 12.3. The lowest BCUT2D eigenvalue weighted by Gasteiger charge is -2.37. The number of amides is 2. The average molecular weight is 504 g/mol. The van der Waals surface area contributed by atoms with Crippen LogP contribution in [-0.2, 0) is 9.59 Å². The van der Waals surface area contributed by atoms with Gasteiger partial charge in [0.2, 0.25) is 0 Å². The van der Waals surface area contributed by atoms with Crippen LogP contribution in [0.1, 0.15) is 31.4 Å². The standard InChI is InChI=1S/C25H27ClFN3O5/c1-16-22(24(32)33)23(17-4-2-5-18(26)14-17)30(25(34)29-16)12-3-11-28-15-20(31)10-13-35-21-8-6-19(27)7-9-21/h2,4-9,14,23,28H,3,10-13,15H2,1H3,(H,29,34)(H,32,33). The average Bonchev–Trinajstić information content (AvgIpc) is 2.80. The lowest BCUT2D eigenvalue weighted by atomic mass is 9.93. The van der Waals surface area contributed by atoms with Crippen LogP contribution in [0.5, 0.6) is 5.75 Å². The normalized spacial score (nSPS) is 15.7. The van der Waals surface area contributed by atoms with E-state index in [2.05, 4.69) is 10.6 Å². The van der Waals surface area contributed by atoms with Gasteiger partial charge in [0.1, 0.15) is 17.3 Å². The number of nitrogens with one attached hydrogen (secondary N) is 2. The monoisotopic (exact) mass is 503 g/mol. The molecule has 0 fully saturated rings. The molecule has 8 nitrogen and oxygen atoms in total. The fraction of sp³-hybridized carbons (Fsp3) is 0.320. The highest BCUT2D eigenvalue weighted by molar-refractivity contribution is 6.30. The minimum atomic E-state index is -1.12. The van der Waals surface area contributed by atoms with Crippen molar-refractivity contribution in [2.24, 2.45) is 0 Å². The molecule has 2 aromatic carbocycles. The van der Waals surface area contributed by atoms with Gasteiger partial charge in [-0.2, -0.15) is 0 Å². The molecule has 1 aliphatic rings. The molecular formula is C25H27ClFN3O5. The van der Waals surface area contributed by atoms with Crippen molar-refractivity contribution in [2.45, 2.75) is 25.8 Å². The summed E-state index contributed by atoms with van der Waals surface area (Å²) in [4.78, 5) is 38.2. The van der Waals surface area contributed by atoms with Crippen molar-refractivity contribution < 1.29 is 28.6 Å². The molecule has 1 atom stereocenters. The van der Waals surface area contributed by atoms with Crippen LogP contribution >= 0.6 is 11.6 Å². The Morgan fingerprint density at radius 1 is 1.23 bits per heavy atom. The summed E-state index contributed by atoms with van der Waals surface area (Å²) in [5.41, 5.74) is 0.972. The molecule has 0 saturated carbocycles. The Hall–Kier alpha value is -3.43. The molecule has 3 N–H and O–H groups in total. The molecule has 0 bridgehead atoms. The second-order valence-electron chi connectivity index (χ2n) is 8.05. The van der Waals surface area contributed by atoms with E-state index >= 15 is 0 Å². The van der Waals surface area contributed by atoms with Crippen molar-refractivity contribution in [3.05, 3.63) is 76.2 Å². The third-order valence-corrected chi connectivity index (χ3v) is 5.71. The first-order chi connectivity index (χ1) is 16.8. The van der Waals surface area contributed by atoms with Crippen molar-refractivity contribution >= 4 is 29.4 Å². The number of nitrogens with zero attached hydrogens (tertiary/aromatic N) is 1. The lowest BCUT2D eigenvalue weighted by Crippen LogP contribution is -2.49. The second-order valence-corrected chi connectivity index (χ2v) is 8.48. The highest BCUT2D eigenvalue weighted by Crippen LogP contribution is 2.34. The van der Waals surface area contributed by atoms with Crippen molar-refractivity contribution in [1.82, 2.24) is 15.5 Å². The number of carbonyl (C=O) groups excluding carboxylic acids is 2. The van der Waals surface area contributed by atoms with Gasteiger partial charge in [0, 0.05) is 23.7 Å². The first-order valence-corrected chi connectivity index (χ1v) is 11.5. The van der Waals surface area contributed by atoms with Gasteiger partial charge in [-0.25, -0.2) is 14.0 Å². The van der Waals surface area contributed by atoms with Crippen LogP contribution in [0.25, 0.3) is 0 Å². The number of ketones is 1. The molecule has 3 rings (SSSR count). The number of rotatable bonds is 12. The number of benzene rings is 2. The topological polar surface area (TPSA) is 108 Å². The van der Waals surface area contributed by atoms with Crippen LogP contribution in [0, 0.1) is 5.82 Å². The molecule has 35 heavy (non-hydrogen) atoms. The molecular weight excluding hydrogens is 477 g/mol. The number of urea groups is 1. The third-order valence-electron chi connectivity index (χ3n) is 5.48. The number of carbonyl (C=O) groups is 3. The SMILES string of the molecule is CC1=C(C(=O)O)C(c2cccc(Cl)c2)N(CCCNCC(=O)CCOc2ccc(F)cc2)C(=O)N1. The van der Waals surface area contributed by atoms with Crippen LogP contribution in [0.4, 0.5) is 9.18 Å².